The Balaban J connectivity index is 2.18. The van der Waals surface area contributed by atoms with Crippen LogP contribution in [0.5, 0.6) is 5.88 Å². The molecule has 0 saturated carbocycles. The maximum atomic E-state index is 12.6. The van der Waals surface area contributed by atoms with Crippen LogP contribution in [-0.4, -0.2) is 51.8 Å². The fourth-order valence-corrected chi connectivity index (χ4v) is 3.94. The van der Waals surface area contributed by atoms with Crippen LogP contribution in [0.15, 0.2) is 53.4 Å². The zero-order chi connectivity index (χ0) is 21.0. The van der Waals surface area contributed by atoms with E-state index < -0.39 is 16.0 Å². The van der Waals surface area contributed by atoms with Gasteiger partial charge in [-0.1, -0.05) is 18.2 Å². The van der Waals surface area contributed by atoms with Crippen LogP contribution >= 0.6 is 0 Å². The average molecular weight is 416 g/mol. The van der Waals surface area contributed by atoms with Gasteiger partial charge in [0.15, 0.2) is 0 Å². The summed E-state index contributed by atoms with van der Waals surface area (Å²) in [5.41, 5.74) is 1.40. The minimum Gasteiger partial charge on any atom is -0.481 e. The van der Waals surface area contributed by atoms with Crippen molar-refractivity contribution in [3.8, 4) is 17.0 Å². The molecule has 9 heteroatoms. The number of ether oxygens (including phenoxy) is 2. The molecule has 0 aliphatic heterocycles. The van der Waals surface area contributed by atoms with Gasteiger partial charge in [0.25, 0.3) is 0 Å². The van der Waals surface area contributed by atoms with Gasteiger partial charge in [-0.2, -0.15) is 0 Å². The molecule has 0 fully saturated rings. The summed E-state index contributed by atoms with van der Waals surface area (Å²) in [6, 6.07) is 13.1. The first kappa shape index (κ1) is 20.7. The first-order valence-electron chi connectivity index (χ1n) is 8.67. The third-order valence-electron chi connectivity index (χ3n) is 4.26. The number of hydrogen-bond acceptors (Lipinski definition) is 6. The summed E-state index contributed by atoms with van der Waals surface area (Å²) in [4.78, 5) is 15.9. The highest BCUT2D eigenvalue weighted by molar-refractivity contribution is 7.89. The molecular weight excluding hydrogens is 396 g/mol. The molecule has 0 unspecified atom stereocenters. The van der Waals surface area contributed by atoms with Gasteiger partial charge in [0.05, 0.1) is 29.7 Å². The van der Waals surface area contributed by atoms with Crippen molar-refractivity contribution in [2.45, 2.75) is 4.90 Å². The number of methoxy groups -OCH3 is 2. The molecule has 1 aromatic heterocycles. The van der Waals surface area contributed by atoms with Crippen LogP contribution in [-0.2, 0) is 14.8 Å². The molecule has 3 rings (SSSR count). The fourth-order valence-electron chi connectivity index (χ4n) is 2.86. The number of nitrogens with one attached hydrogen (secondary N) is 1. The van der Waals surface area contributed by atoms with Crippen molar-refractivity contribution in [3.05, 3.63) is 54.1 Å². The Labute approximate surface area is 168 Å². The van der Waals surface area contributed by atoms with E-state index in [1.165, 1.54) is 26.4 Å². The monoisotopic (exact) mass is 416 g/mol. The van der Waals surface area contributed by atoms with E-state index in [9.17, 15) is 18.3 Å². The van der Waals surface area contributed by atoms with Gasteiger partial charge >= 0.3 is 5.97 Å². The molecule has 2 N–H and O–H groups in total. The highest BCUT2D eigenvalue weighted by Gasteiger charge is 2.20. The number of nitrogens with zero attached hydrogens (tertiary/aromatic N) is 1. The first-order chi connectivity index (χ1) is 13.9. The number of pyridine rings is 1. The normalized spacial score (nSPS) is 11.5. The number of benzene rings is 2. The van der Waals surface area contributed by atoms with Gasteiger partial charge in [0, 0.05) is 24.6 Å². The number of fused-ring (bicyclic) bond motifs is 1. The molecule has 1 heterocycles. The Bertz CT molecular complexity index is 1160. The van der Waals surface area contributed by atoms with Gasteiger partial charge in [-0.25, -0.2) is 22.9 Å². The van der Waals surface area contributed by atoms with Crippen molar-refractivity contribution in [1.82, 2.24) is 9.71 Å². The third kappa shape index (κ3) is 4.53. The molecule has 0 radical (unpaired) electrons. The molecule has 0 aliphatic rings. The number of carbonyl (C=O) groups is 1. The topological polar surface area (TPSA) is 115 Å². The molecular formula is C20H20N2O6S. The van der Waals surface area contributed by atoms with Gasteiger partial charge in [-0.15, -0.1) is 0 Å². The van der Waals surface area contributed by atoms with E-state index in [-0.39, 0.29) is 29.5 Å². The standard InChI is InChI=1S/C20H20N2O6S/c1-27-8-7-21-29(25,26)16-10-14(9-15(11-16)20(23)24)17-12-13-5-3-4-6-18(13)22-19(17)28-2/h3-6,9-12,21H,7-8H2,1-2H3,(H,23,24). The van der Waals surface area contributed by atoms with Crippen molar-refractivity contribution < 1.29 is 27.8 Å². The van der Waals surface area contributed by atoms with E-state index in [1.807, 2.05) is 24.3 Å². The molecule has 29 heavy (non-hydrogen) atoms. The van der Waals surface area contributed by atoms with E-state index in [4.69, 9.17) is 9.47 Å². The lowest BCUT2D eigenvalue weighted by Crippen LogP contribution is -2.27. The van der Waals surface area contributed by atoms with Gasteiger partial charge in [0.1, 0.15) is 0 Å². The predicted molar refractivity (Wildman–Crippen MR) is 108 cm³/mol. The lowest BCUT2D eigenvalue weighted by atomic mass is 10.0. The van der Waals surface area contributed by atoms with Crippen LogP contribution in [0.1, 0.15) is 10.4 Å². The summed E-state index contributed by atoms with van der Waals surface area (Å²) in [5, 5.41) is 10.3. The van der Waals surface area contributed by atoms with Crippen molar-refractivity contribution in [2.75, 3.05) is 27.4 Å². The summed E-state index contributed by atoms with van der Waals surface area (Å²) in [6.07, 6.45) is 0. The summed E-state index contributed by atoms with van der Waals surface area (Å²) >= 11 is 0. The zero-order valence-corrected chi connectivity index (χ0v) is 16.7. The quantitative estimate of drug-likeness (QED) is 0.542. The summed E-state index contributed by atoms with van der Waals surface area (Å²) in [6.45, 7) is 0.249. The largest absolute Gasteiger partial charge is 0.481 e. The zero-order valence-electron chi connectivity index (χ0n) is 15.9. The van der Waals surface area contributed by atoms with Crippen LogP contribution < -0.4 is 9.46 Å². The van der Waals surface area contributed by atoms with E-state index >= 15 is 0 Å². The average Bonchev–Trinajstić information content (AvgIpc) is 2.72. The molecule has 0 saturated heterocycles. The molecule has 0 amide bonds. The fraction of sp³-hybridized carbons (Fsp3) is 0.200. The molecule has 0 spiro atoms. The molecule has 3 aromatic rings. The Morgan fingerprint density at radius 1 is 1.14 bits per heavy atom. The van der Waals surface area contributed by atoms with Crippen molar-refractivity contribution in [1.29, 1.82) is 0 Å². The molecule has 0 aliphatic carbocycles. The second-order valence-electron chi connectivity index (χ2n) is 6.18. The Kier molecular flexibility index (Phi) is 6.12. The van der Waals surface area contributed by atoms with Crippen molar-refractivity contribution in [3.63, 3.8) is 0 Å². The molecule has 8 nitrogen and oxygen atoms in total. The molecule has 2 aromatic carbocycles. The van der Waals surface area contributed by atoms with Gasteiger partial charge in [0.2, 0.25) is 15.9 Å². The smallest absolute Gasteiger partial charge is 0.335 e. The number of sulfonamides is 1. The number of aromatic nitrogens is 1. The third-order valence-corrected chi connectivity index (χ3v) is 5.70. The van der Waals surface area contributed by atoms with Crippen molar-refractivity contribution >= 4 is 26.9 Å². The van der Waals surface area contributed by atoms with Crippen LogP contribution in [0.4, 0.5) is 0 Å². The number of carboxylic acid groups (broad SMARTS) is 1. The van der Waals surface area contributed by atoms with Crippen LogP contribution in [0, 0.1) is 0 Å². The lowest BCUT2D eigenvalue weighted by molar-refractivity contribution is 0.0696. The molecule has 0 atom stereocenters. The van der Waals surface area contributed by atoms with Gasteiger partial charge in [-0.3, -0.25) is 0 Å². The minimum atomic E-state index is -3.94. The van der Waals surface area contributed by atoms with Crippen molar-refractivity contribution in [2.24, 2.45) is 0 Å². The predicted octanol–water partition coefficient (Wildman–Crippen LogP) is 2.53. The maximum Gasteiger partial charge on any atom is 0.335 e. The Morgan fingerprint density at radius 3 is 2.59 bits per heavy atom. The number of hydrogen-bond donors (Lipinski definition) is 2. The highest BCUT2D eigenvalue weighted by atomic mass is 32.2. The van der Waals surface area contributed by atoms with E-state index in [2.05, 4.69) is 9.71 Å². The SMILES string of the molecule is COCCNS(=O)(=O)c1cc(C(=O)O)cc(-c2cc3ccccc3nc2OC)c1. The number of para-hydroxylation sites is 1. The highest BCUT2D eigenvalue weighted by Crippen LogP contribution is 2.33. The number of aromatic carboxylic acids is 1. The van der Waals surface area contributed by atoms with Gasteiger partial charge < -0.3 is 14.6 Å². The second kappa shape index (κ2) is 8.56. The summed E-state index contributed by atoms with van der Waals surface area (Å²) < 4.78 is 37.9. The lowest BCUT2D eigenvalue weighted by Gasteiger charge is -2.13. The molecule has 152 valence electrons. The number of carboxylic acids is 1. The maximum absolute atomic E-state index is 12.6. The van der Waals surface area contributed by atoms with E-state index in [0.29, 0.717) is 16.6 Å². The van der Waals surface area contributed by atoms with Crippen LogP contribution in [0.3, 0.4) is 0 Å². The molecule has 0 bridgehead atoms. The second-order valence-corrected chi connectivity index (χ2v) is 7.95. The first-order valence-corrected chi connectivity index (χ1v) is 10.1. The van der Waals surface area contributed by atoms with Crippen LogP contribution in [0.25, 0.3) is 22.0 Å². The van der Waals surface area contributed by atoms with Crippen LogP contribution in [0.2, 0.25) is 0 Å². The number of rotatable bonds is 8. The minimum absolute atomic E-state index is 0.0618. The summed E-state index contributed by atoms with van der Waals surface area (Å²) in [5.74, 6) is -0.977. The Morgan fingerprint density at radius 2 is 1.90 bits per heavy atom. The summed E-state index contributed by atoms with van der Waals surface area (Å²) in [7, 11) is -1.03. The van der Waals surface area contributed by atoms with E-state index in [0.717, 1.165) is 11.5 Å². The van der Waals surface area contributed by atoms with E-state index in [1.54, 1.807) is 6.07 Å². The van der Waals surface area contributed by atoms with Gasteiger partial charge in [-0.05, 0) is 35.9 Å². The Hall–Kier alpha value is -3.01.